The van der Waals surface area contributed by atoms with Gasteiger partial charge in [0, 0.05) is 11.6 Å². The molecule has 1 atom stereocenters. The Balaban J connectivity index is 1.64. The van der Waals surface area contributed by atoms with Gasteiger partial charge in [0.2, 0.25) is 5.88 Å². The van der Waals surface area contributed by atoms with E-state index < -0.39 is 11.9 Å². The summed E-state index contributed by atoms with van der Waals surface area (Å²) in [7, 11) is 1.48. The first-order valence-corrected chi connectivity index (χ1v) is 9.84. The van der Waals surface area contributed by atoms with Crippen molar-refractivity contribution in [2.24, 2.45) is 5.92 Å². The highest BCUT2D eigenvalue weighted by atomic mass is 19.1. The van der Waals surface area contributed by atoms with Crippen LogP contribution in [0, 0.1) is 17.6 Å². The minimum absolute atomic E-state index is 0.0190. The van der Waals surface area contributed by atoms with Gasteiger partial charge in [-0.2, -0.15) is 10.3 Å². The maximum absolute atomic E-state index is 14.5. The zero-order valence-electron chi connectivity index (χ0n) is 17.6. The highest BCUT2D eigenvalue weighted by Gasteiger charge is 2.23. The summed E-state index contributed by atoms with van der Waals surface area (Å²) in [6.45, 7) is 4.02. The van der Waals surface area contributed by atoms with Gasteiger partial charge in [0.15, 0.2) is 23.3 Å². The zero-order valence-corrected chi connectivity index (χ0v) is 17.6. The summed E-state index contributed by atoms with van der Waals surface area (Å²) in [6.07, 6.45) is 1.06. The number of ether oxygens (including phenoxy) is 1. The number of hydrogen-bond donors (Lipinski definition) is 2. The number of tetrazole rings is 1. The molecule has 0 saturated heterocycles. The number of aromatic nitrogens is 8. The molecule has 1 aromatic carbocycles. The van der Waals surface area contributed by atoms with Crippen LogP contribution in [0.5, 0.6) is 5.88 Å². The molecule has 166 valence electrons. The fourth-order valence-corrected chi connectivity index (χ4v) is 3.14. The molecule has 3 aromatic heterocycles. The largest absolute Gasteiger partial charge is 0.481 e. The normalized spacial score (nSPS) is 12.2. The zero-order chi connectivity index (χ0) is 22.7. The molecular formula is C20H21F2N9O. The van der Waals surface area contributed by atoms with Crippen LogP contribution in [0.4, 0.5) is 14.6 Å². The van der Waals surface area contributed by atoms with Gasteiger partial charge in [-0.15, -0.1) is 10.2 Å². The van der Waals surface area contributed by atoms with Crippen LogP contribution < -0.4 is 10.1 Å². The minimum atomic E-state index is -0.638. The highest BCUT2D eigenvalue weighted by molar-refractivity contribution is 5.54. The van der Waals surface area contributed by atoms with E-state index in [2.05, 4.69) is 41.0 Å². The Labute approximate surface area is 182 Å². The van der Waals surface area contributed by atoms with Gasteiger partial charge >= 0.3 is 0 Å². The third-order valence-electron chi connectivity index (χ3n) is 4.80. The van der Waals surface area contributed by atoms with Gasteiger partial charge in [-0.1, -0.05) is 37.3 Å². The minimum Gasteiger partial charge on any atom is -0.481 e. The van der Waals surface area contributed by atoms with Crippen LogP contribution in [-0.4, -0.2) is 47.5 Å². The summed E-state index contributed by atoms with van der Waals surface area (Å²) in [6, 6.07) is 7.57. The summed E-state index contributed by atoms with van der Waals surface area (Å²) in [4.78, 5) is 8.36. The van der Waals surface area contributed by atoms with Crippen molar-refractivity contribution >= 4 is 5.82 Å². The van der Waals surface area contributed by atoms with Crippen LogP contribution in [0.3, 0.4) is 0 Å². The van der Waals surface area contributed by atoms with E-state index in [-0.39, 0.29) is 29.9 Å². The SMILES string of the molecule is COc1cc(-c2ncc(F)c(NC(c3nn[nH]n3)C(C)C)n2)nn1Cc1ccccc1F. The number of H-pyrrole nitrogens is 1. The van der Waals surface area contributed by atoms with Gasteiger partial charge in [-0.3, -0.25) is 0 Å². The van der Waals surface area contributed by atoms with Crippen molar-refractivity contribution in [3.05, 3.63) is 59.6 Å². The van der Waals surface area contributed by atoms with Crippen molar-refractivity contribution in [2.75, 3.05) is 12.4 Å². The van der Waals surface area contributed by atoms with Crippen molar-refractivity contribution in [3.63, 3.8) is 0 Å². The number of rotatable bonds is 8. The standard InChI is InChI=1S/C20H21F2N9O/c1-11(2)17(20-26-29-30-27-20)24-18-14(22)9-23-19(25-18)15-8-16(32-3)31(28-15)10-12-6-4-5-7-13(12)21/h4-9,11,17H,10H2,1-3H3,(H,23,24,25)(H,26,27,29,30). The Morgan fingerprint density at radius 3 is 2.69 bits per heavy atom. The Morgan fingerprint density at radius 2 is 2.00 bits per heavy atom. The first-order chi connectivity index (χ1) is 15.5. The number of anilines is 1. The highest BCUT2D eigenvalue weighted by Crippen LogP contribution is 2.27. The quantitative estimate of drug-likeness (QED) is 0.428. The van der Waals surface area contributed by atoms with Crippen LogP contribution in [0.15, 0.2) is 36.5 Å². The average Bonchev–Trinajstić information content (AvgIpc) is 3.44. The van der Waals surface area contributed by atoms with E-state index in [4.69, 9.17) is 4.74 Å². The first-order valence-electron chi connectivity index (χ1n) is 9.84. The van der Waals surface area contributed by atoms with E-state index >= 15 is 0 Å². The summed E-state index contributed by atoms with van der Waals surface area (Å²) in [5.41, 5.74) is 0.796. The van der Waals surface area contributed by atoms with E-state index in [1.165, 1.54) is 17.9 Å². The Bertz CT molecular complexity index is 1190. The molecule has 0 saturated carbocycles. The fraction of sp³-hybridized carbons (Fsp3) is 0.300. The number of nitrogens with zero attached hydrogens (tertiary/aromatic N) is 7. The topological polar surface area (TPSA) is 119 Å². The molecule has 10 nitrogen and oxygen atoms in total. The molecule has 0 fully saturated rings. The smallest absolute Gasteiger partial charge is 0.212 e. The second-order valence-corrected chi connectivity index (χ2v) is 7.35. The Hall–Kier alpha value is -3.96. The number of benzene rings is 1. The number of nitrogens with one attached hydrogen (secondary N) is 2. The van der Waals surface area contributed by atoms with Crippen molar-refractivity contribution in [1.29, 1.82) is 0 Å². The lowest BCUT2D eigenvalue weighted by Crippen LogP contribution is -2.20. The molecule has 3 heterocycles. The average molecular weight is 441 g/mol. The molecule has 0 aliphatic rings. The summed E-state index contributed by atoms with van der Waals surface area (Å²) >= 11 is 0. The number of aromatic amines is 1. The molecule has 4 aromatic rings. The van der Waals surface area contributed by atoms with Gasteiger partial charge in [0.25, 0.3) is 0 Å². The molecule has 0 spiro atoms. The second-order valence-electron chi connectivity index (χ2n) is 7.35. The van der Waals surface area contributed by atoms with E-state index in [1.807, 2.05) is 13.8 Å². The molecule has 4 rings (SSSR count). The van der Waals surface area contributed by atoms with Crippen molar-refractivity contribution in [2.45, 2.75) is 26.4 Å². The van der Waals surface area contributed by atoms with Gasteiger partial charge < -0.3 is 10.1 Å². The van der Waals surface area contributed by atoms with Crippen molar-refractivity contribution in [3.8, 4) is 17.4 Å². The Morgan fingerprint density at radius 1 is 1.19 bits per heavy atom. The summed E-state index contributed by atoms with van der Waals surface area (Å²) in [5, 5.41) is 21.4. The second kappa shape index (κ2) is 9.04. The molecule has 0 bridgehead atoms. The van der Waals surface area contributed by atoms with Gasteiger partial charge in [-0.05, 0) is 12.0 Å². The van der Waals surface area contributed by atoms with Crippen molar-refractivity contribution in [1.82, 2.24) is 40.4 Å². The third kappa shape index (κ3) is 4.38. The van der Waals surface area contributed by atoms with Gasteiger partial charge in [0.05, 0.1) is 25.9 Å². The molecule has 32 heavy (non-hydrogen) atoms. The predicted octanol–water partition coefficient (Wildman–Crippen LogP) is 3.00. The maximum atomic E-state index is 14.5. The number of halogens is 2. The van der Waals surface area contributed by atoms with Crippen LogP contribution in [-0.2, 0) is 6.54 Å². The predicted molar refractivity (Wildman–Crippen MR) is 111 cm³/mol. The lowest BCUT2D eigenvalue weighted by atomic mass is 10.0. The van der Waals surface area contributed by atoms with E-state index in [9.17, 15) is 8.78 Å². The van der Waals surface area contributed by atoms with Crippen molar-refractivity contribution < 1.29 is 13.5 Å². The molecule has 0 amide bonds. The molecule has 2 N–H and O–H groups in total. The Kier molecular flexibility index (Phi) is 6.01. The van der Waals surface area contributed by atoms with Crippen LogP contribution in [0.1, 0.15) is 31.3 Å². The number of hydrogen-bond acceptors (Lipinski definition) is 8. The van der Waals surface area contributed by atoms with E-state index in [0.29, 0.717) is 23.0 Å². The lowest BCUT2D eigenvalue weighted by Gasteiger charge is -2.19. The molecule has 0 aliphatic carbocycles. The summed E-state index contributed by atoms with van der Waals surface area (Å²) < 4.78 is 35.4. The van der Waals surface area contributed by atoms with E-state index in [0.717, 1.165) is 6.20 Å². The summed E-state index contributed by atoms with van der Waals surface area (Å²) in [5.74, 6) is -0.0485. The number of methoxy groups -OCH3 is 1. The lowest BCUT2D eigenvalue weighted by molar-refractivity contribution is 0.365. The van der Waals surface area contributed by atoms with Crippen LogP contribution in [0.2, 0.25) is 0 Å². The van der Waals surface area contributed by atoms with Crippen LogP contribution >= 0.6 is 0 Å². The third-order valence-corrected chi connectivity index (χ3v) is 4.80. The fourth-order valence-electron chi connectivity index (χ4n) is 3.14. The van der Waals surface area contributed by atoms with E-state index in [1.54, 1.807) is 24.3 Å². The molecule has 0 aliphatic heterocycles. The van der Waals surface area contributed by atoms with Crippen LogP contribution in [0.25, 0.3) is 11.5 Å². The first kappa shape index (κ1) is 21.3. The molecule has 12 heteroatoms. The maximum Gasteiger partial charge on any atom is 0.212 e. The molecular weight excluding hydrogens is 420 g/mol. The molecule has 1 unspecified atom stereocenters. The molecule has 0 radical (unpaired) electrons. The monoisotopic (exact) mass is 441 g/mol. The van der Waals surface area contributed by atoms with Gasteiger partial charge in [0.1, 0.15) is 11.5 Å². The van der Waals surface area contributed by atoms with Gasteiger partial charge in [-0.25, -0.2) is 23.4 Å².